The van der Waals surface area contributed by atoms with Crippen molar-refractivity contribution in [2.75, 3.05) is 6.54 Å². The number of nitrogens with zero attached hydrogens (tertiary/aromatic N) is 5. The Morgan fingerprint density at radius 1 is 1.22 bits per heavy atom. The summed E-state index contributed by atoms with van der Waals surface area (Å²) in [6, 6.07) is 11.7. The highest BCUT2D eigenvalue weighted by molar-refractivity contribution is 5.95. The maximum Gasteiger partial charge on any atom is 0.254 e. The van der Waals surface area contributed by atoms with Gasteiger partial charge in [-0.15, -0.1) is 0 Å². The zero-order valence-electron chi connectivity index (χ0n) is 12.8. The van der Waals surface area contributed by atoms with Gasteiger partial charge in [0.15, 0.2) is 0 Å². The molecule has 0 fully saturated rings. The summed E-state index contributed by atoms with van der Waals surface area (Å²) >= 11 is 0. The van der Waals surface area contributed by atoms with Crippen molar-refractivity contribution in [1.82, 2.24) is 24.2 Å². The second kappa shape index (κ2) is 5.39. The van der Waals surface area contributed by atoms with Gasteiger partial charge in [0, 0.05) is 30.5 Å². The monoisotopic (exact) mass is 307 g/mol. The number of aromatic nitrogens is 4. The molecule has 0 N–H and O–H groups in total. The van der Waals surface area contributed by atoms with Crippen molar-refractivity contribution >= 4 is 5.91 Å². The first-order valence-corrected chi connectivity index (χ1v) is 7.65. The van der Waals surface area contributed by atoms with E-state index in [4.69, 9.17) is 0 Å². The molecule has 4 rings (SSSR count). The van der Waals surface area contributed by atoms with Gasteiger partial charge < -0.3 is 9.47 Å². The van der Waals surface area contributed by atoms with Crippen molar-refractivity contribution in [2.24, 2.45) is 0 Å². The molecule has 0 unspecified atom stereocenters. The second-order valence-electron chi connectivity index (χ2n) is 5.69. The summed E-state index contributed by atoms with van der Waals surface area (Å²) in [5, 5.41) is 4.11. The van der Waals surface area contributed by atoms with Gasteiger partial charge in [-0.2, -0.15) is 5.10 Å². The molecule has 116 valence electrons. The van der Waals surface area contributed by atoms with Crippen LogP contribution in [-0.2, 0) is 6.54 Å². The summed E-state index contributed by atoms with van der Waals surface area (Å²) in [4.78, 5) is 18.8. The summed E-state index contributed by atoms with van der Waals surface area (Å²) in [7, 11) is 0. The Morgan fingerprint density at radius 2 is 2.13 bits per heavy atom. The van der Waals surface area contributed by atoms with E-state index in [2.05, 4.69) is 33.8 Å². The van der Waals surface area contributed by atoms with E-state index in [0.717, 1.165) is 18.8 Å². The molecule has 1 aromatic carbocycles. The molecule has 0 saturated heterocycles. The van der Waals surface area contributed by atoms with Crippen LogP contribution in [0.4, 0.5) is 0 Å². The molecule has 1 aliphatic rings. The highest BCUT2D eigenvalue weighted by Gasteiger charge is 2.28. The fourth-order valence-electron chi connectivity index (χ4n) is 3.15. The van der Waals surface area contributed by atoms with Gasteiger partial charge >= 0.3 is 0 Å². The molecule has 6 nitrogen and oxygen atoms in total. The van der Waals surface area contributed by atoms with Crippen LogP contribution in [0, 0.1) is 0 Å². The summed E-state index contributed by atoms with van der Waals surface area (Å²) < 4.78 is 3.86. The molecule has 3 heterocycles. The van der Waals surface area contributed by atoms with Crippen LogP contribution < -0.4 is 0 Å². The Hall–Kier alpha value is -2.89. The number of benzene rings is 1. The molecule has 1 aliphatic heterocycles. The van der Waals surface area contributed by atoms with Gasteiger partial charge in [-0.1, -0.05) is 6.07 Å². The topological polar surface area (TPSA) is 56.0 Å². The number of carbonyl (C=O) groups is 1. The van der Waals surface area contributed by atoms with E-state index in [1.165, 1.54) is 12.0 Å². The maximum absolute atomic E-state index is 12.9. The predicted octanol–water partition coefficient (Wildman–Crippen LogP) is 2.29. The van der Waals surface area contributed by atoms with Gasteiger partial charge in [0.05, 0.1) is 11.7 Å². The summed E-state index contributed by atoms with van der Waals surface area (Å²) in [6.45, 7) is 3.63. The molecule has 2 aromatic heterocycles. The van der Waals surface area contributed by atoms with Crippen molar-refractivity contribution in [3.63, 3.8) is 0 Å². The van der Waals surface area contributed by atoms with Gasteiger partial charge in [0.25, 0.3) is 5.91 Å². The van der Waals surface area contributed by atoms with E-state index >= 15 is 0 Å². The molecular weight excluding hydrogens is 290 g/mol. The van der Waals surface area contributed by atoms with E-state index in [1.807, 2.05) is 35.2 Å². The Balaban J connectivity index is 1.64. The minimum atomic E-state index is 0.0481. The lowest BCUT2D eigenvalue weighted by Crippen LogP contribution is -2.40. The summed E-state index contributed by atoms with van der Waals surface area (Å²) in [5.74, 6) is 0.0481. The van der Waals surface area contributed by atoms with Gasteiger partial charge in [-0.25, -0.2) is 9.67 Å². The molecule has 3 aromatic rings. The van der Waals surface area contributed by atoms with Crippen LogP contribution in [0.25, 0.3) is 5.69 Å². The molecule has 1 amide bonds. The molecule has 0 spiro atoms. The largest absolute Gasteiger partial charge is 0.348 e. The molecule has 6 heteroatoms. The van der Waals surface area contributed by atoms with E-state index in [-0.39, 0.29) is 11.9 Å². The number of carbonyl (C=O) groups excluding carboxylic acids is 1. The zero-order valence-corrected chi connectivity index (χ0v) is 12.8. The molecule has 23 heavy (non-hydrogen) atoms. The Morgan fingerprint density at radius 3 is 2.96 bits per heavy atom. The Bertz CT molecular complexity index is 836. The normalized spacial score (nSPS) is 17.1. The fraction of sp³-hybridized carbons (Fsp3) is 0.235. The van der Waals surface area contributed by atoms with Crippen molar-refractivity contribution in [2.45, 2.75) is 19.5 Å². The number of fused-ring (bicyclic) bond motifs is 1. The molecule has 0 bridgehead atoms. The third-order valence-electron chi connectivity index (χ3n) is 4.38. The predicted molar refractivity (Wildman–Crippen MR) is 85.2 cm³/mol. The van der Waals surface area contributed by atoms with Gasteiger partial charge in [0.2, 0.25) is 0 Å². The lowest BCUT2D eigenvalue weighted by atomic mass is 10.1. The van der Waals surface area contributed by atoms with E-state index in [9.17, 15) is 4.79 Å². The number of hydrogen-bond donors (Lipinski definition) is 0. The minimum absolute atomic E-state index is 0.0481. The van der Waals surface area contributed by atoms with Crippen LogP contribution >= 0.6 is 0 Å². The van der Waals surface area contributed by atoms with Crippen molar-refractivity contribution in [1.29, 1.82) is 0 Å². The quantitative estimate of drug-likeness (QED) is 0.730. The first kappa shape index (κ1) is 13.8. The summed E-state index contributed by atoms with van der Waals surface area (Å²) in [6.07, 6.45) is 5.17. The number of hydrogen-bond acceptors (Lipinski definition) is 3. The number of rotatable bonds is 2. The Kier molecular flexibility index (Phi) is 3.22. The van der Waals surface area contributed by atoms with Crippen LogP contribution in [0.1, 0.15) is 29.0 Å². The Labute approximate surface area is 134 Å². The molecule has 0 saturated carbocycles. The molecule has 1 atom stereocenters. The van der Waals surface area contributed by atoms with Crippen LogP contribution in [-0.4, -0.2) is 36.7 Å². The van der Waals surface area contributed by atoms with Crippen molar-refractivity contribution in [3.8, 4) is 5.69 Å². The number of amides is 1. The molecule has 0 radical (unpaired) electrons. The summed E-state index contributed by atoms with van der Waals surface area (Å²) in [5.41, 5.74) is 2.68. The average Bonchev–Trinajstić information content (AvgIpc) is 3.26. The van der Waals surface area contributed by atoms with Crippen LogP contribution in [0.15, 0.2) is 55.2 Å². The van der Waals surface area contributed by atoms with E-state index in [1.54, 1.807) is 11.0 Å². The van der Waals surface area contributed by atoms with E-state index in [0.29, 0.717) is 5.56 Å². The first-order valence-electron chi connectivity index (χ1n) is 7.65. The smallest absolute Gasteiger partial charge is 0.254 e. The minimum Gasteiger partial charge on any atom is -0.348 e. The lowest BCUT2D eigenvalue weighted by molar-refractivity contribution is 0.0644. The van der Waals surface area contributed by atoms with Gasteiger partial charge in [0.1, 0.15) is 12.7 Å². The van der Waals surface area contributed by atoms with Crippen molar-refractivity contribution in [3.05, 3.63) is 66.5 Å². The third kappa shape index (κ3) is 2.32. The maximum atomic E-state index is 12.9. The van der Waals surface area contributed by atoms with Crippen LogP contribution in [0.2, 0.25) is 0 Å². The zero-order chi connectivity index (χ0) is 15.8. The third-order valence-corrected chi connectivity index (χ3v) is 4.38. The lowest BCUT2D eigenvalue weighted by Gasteiger charge is -2.35. The van der Waals surface area contributed by atoms with Crippen molar-refractivity contribution < 1.29 is 4.79 Å². The average molecular weight is 307 g/mol. The molecule has 0 aliphatic carbocycles. The SMILES string of the molecule is C[C@@H]1c2cccn2CCN1C(=O)c1cccc(-n2cncn2)c1. The van der Waals surface area contributed by atoms with Crippen LogP contribution in [0.5, 0.6) is 0 Å². The molecular formula is C17H17N5O. The fourth-order valence-corrected chi connectivity index (χ4v) is 3.15. The van der Waals surface area contributed by atoms with E-state index < -0.39 is 0 Å². The van der Waals surface area contributed by atoms with Gasteiger partial charge in [-0.05, 0) is 37.3 Å². The van der Waals surface area contributed by atoms with Crippen LogP contribution in [0.3, 0.4) is 0 Å². The standard InChI is InChI=1S/C17H17N5O/c1-13-16-6-3-7-20(16)8-9-21(13)17(23)14-4-2-5-15(10-14)22-12-18-11-19-22/h2-7,10-13H,8-9H2,1H3/t13-/m1/s1. The highest BCUT2D eigenvalue weighted by atomic mass is 16.2. The second-order valence-corrected chi connectivity index (χ2v) is 5.69. The first-order chi connectivity index (χ1) is 11.2. The van der Waals surface area contributed by atoms with Gasteiger partial charge in [-0.3, -0.25) is 4.79 Å². The highest BCUT2D eigenvalue weighted by Crippen LogP contribution is 2.27.